The smallest absolute Gasteiger partial charge is 0.190 e. The van der Waals surface area contributed by atoms with Crippen LogP contribution in [0.1, 0.15) is 17.3 Å². The molecule has 0 aromatic heterocycles. The highest BCUT2D eigenvalue weighted by molar-refractivity contribution is 6.30. The highest BCUT2D eigenvalue weighted by Gasteiger charge is 2.10. The summed E-state index contributed by atoms with van der Waals surface area (Å²) in [5.41, 5.74) is 0.481. The van der Waals surface area contributed by atoms with Crippen molar-refractivity contribution in [1.82, 2.24) is 0 Å². The van der Waals surface area contributed by atoms with E-state index in [4.69, 9.17) is 16.7 Å². The normalized spacial score (nSPS) is 12.6. The lowest BCUT2D eigenvalue weighted by molar-refractivity contribution is 0.0779. The molecule has 3 heteroatoms. The first-order valence-corrected chi connectivity index (χ1v) is 3.97. The van der Waals surface area contributed by atoms with Gasteiger partial charge < -0.3 is 5.11 Å². The number of rotatable bonds is 2. The van der Waals surface area contributed by atoms with Gasteiger partial charge in [0.25, 0.3) is 0 Å². The van der Waals surface area contributed by atoms with Crippen molar-refractivity contribution in [2.45, 2.75) is 13.0 Å². The average Bonchev–Trinajstić information content (AvgIpc) is 2.04. The third kappa shape index (κ3) is 2.06. The van der Waals surface area contributed by atoms with Crippen molar-refractivity contribution in [3.63, 3.8) is 0 Å². The predicted molar refractivity (Wildman–Crippen MR) is 47.5 cm³/mol. The molecule has 0 aliphatic carbocycles. The number of carbonyl (C=O) groups excluding carboxylic acids is 1. The number of halogens is 1. The molecule has 0 fully saturated rings. The van der Waals surface area contributed by atoms with Crippen molar-refractivity contribution < 1.29 is 9.90 Å². The number of ketones is 1. The number of hydrogen-bond donors (Lipinski definition) is 1. The van der Waals surface area contributed by atoms with E-state index in [9.17, 15) is 4.79 Å². The predicted octanol–water partition coefficient (Wildman–Crippen LogP) is 1.90. The van der Waals surface area contributed by atoms with Crippen LogP contribution >= 0.6 is 11.6 Å². The van der Waals surface area contributed by atoms with E-state index in [2.05, 4.69) is 0 Å². The Kier molecular flexibility index (Phi) is 2.84. The van der Waals surface area contributed by atoms with Gasteiger partial charge in [0, 0.05) is 10.6 Å². The lowest BCUT2D eigenvalue weighted by Gasteiger charge is -2.02. The van der Waals surface area contributed by atoms with Crippen LogP contribution in [0.5, 0.6) is 0 Å². The van der Waals surface area contributed by atoms with Crippen molar-refractivity contribution in [2.24, 2.45) is 0 Å². The Bertz CT molecular complexity index is 277. The van der Waals surface area contributed by atoms with Crippen molar-refractivity contribution in [3.05, 3.63) is 34.9 Å². The summed E-state index contributed by atoms with van der Waals surface area (Å²) in [5.74, 6) is -0.285. The summed E-state index contributed by atoms with van der Waals surface area (Å²) < 4.78 is 0. The van der Waals surface area contributed by atoms with Crippen LogP contribution in [0, 0.1) is 0 Å². The zero-order chi connectivity index (χ0) is 9.14. The molecule has 2 nitrogen and oxygen atoms in total. The van der Waals surface area contributed by atoms with Gasteiger partial charge in [0.1, 0.15) is 6.10 Å². The molecule has 64 valence electrons. The maximum absolute atomic E-state index is 11.2. The molecule has 1 unspecified atom stereocenters. The molecule has 0 spiro atoms. The van der Waals surface area contributed by atoms with Gasteiger partial charge in [-0.2, -0.15) is 0 Å². The van der Waals surface area contributed by atoms with Crippen molar-refractivity contribution in [3.8, 4) is 0 Å². The van der Waals surface area contributed by atoms with E-state index in [1.165, 1.54) is 6.92 Å². The minimum absolute atomic E-state index is 0.285. The maximum atomic E-state index is 11.2. The van der Waals surface area contributed by atoms with Gasteiger partial charge >= 0.3 is 0 Å². The summed E-state index contributed by atoms with van der Waals surface area (Å²) >= 11 is 5.62. The third-order valence-electron chi connectivity index (χ3n) is 1.51. The monoisotopic (exact) mass is 184 g/mol. The highest BCUT2D eigenvalue weighted by atomic mass is 35.5. The summed E-state index contributed by atoms with van der Waals surface area (Å²) in [6, 6.07) is 6.43. The fourth-order valence-corrected chi connectivity index (χ4v) is 0.981. The van der Waals surface area contributed by atoms with Crippen LogP contribution in [0.4, 0.5) is 0 Å². The van der Waals surface area contributed by atoms with Crippen LogP contribution in [-0.4, -0.2) is 17.0 Å². The van der Waals surface area contributed by atoms with Gasteiger partial charge in [0.05, 0.1) is 0 Å². The van der Waals surface area contributed by atoms with Gasteiger partial charge in [-0.15, -0.1) is 0 Å². The molecule has 0 amide bonds. The summed E-state index contributed by atoms with van der Waals surface area (Å²) in [5, 5.41) is 9.54. The molecule has 0 radical (unpaired) electrons. The molecule has 0 bridgehead atoms. The van der Waals surface area contributed by atoms with Crippen LogP contribution in [-0.2, 0) is 0 Å². The van der Waals surface area contributed by atoms with Gasteiger partial charge in [-0.25, -0.2) is 0 Å². The number of benzene rings is 1. The van der Waals surface area contributed by atoms with Gasteiger partial charge in [-0.05, 0) is 31.2 Å². The molecule has 1 atom stereocenters. The minimum Gasteiger partial charge on any atom is -0.385 e. The zero-order valence-electron chi connectivity index (χ0n) is 6.62. The maximum Gasteiger partial charge on any atom is 0.190 e. The molecule has 0 heterocycles. The van der Waals surface area contributed by atoms with E-state index in [0.717, 1.165) is 0 Å². The van der Waals surface area contributed by atoms with E-state index in [0.29, 0.717) is 10.6 Å². The quantitative estimate of drug-likeness (QED) is 0.713. The molecule has 0 saturated heterocycles. The molecule has 1 N–H and O–H groups in total. The van der Waals surface area contributed by atoms with Crippen molar-refractivity contribution >= 4 is 17.4 Å². The van der Waals surface area contributed by atoms with Crippen LogP contribution in [0.3, 0.4) is 0 Å². The Morgan fingerprint density at radius 2 is 1.92 bits per heavy atom. The summed E-state index contributed by atoms with van der Waals surface area (Å²) in [7, 11) is 0. The standard InChI is InChI=1S/C9H9ClO2/c1-6(11)9(12)7-2-4-8(10)5-3-7/h2-6,11H,1H3. The topological polar surface area (TPSA) is 37.3 Å². The van der Waals surface area contributed by atoms with Crippen LogP contribution < -0.4 is 0 Å². The van der Waals surface area contributed by atoms with Crippen LogP contribution in [0.15, 0.2) is 24.3 Å². The summed E-state index contributed by atoms with van der Waals surface area (Å²) in [6.07, 6.45) is -0.953. The Balaban J connectivity index is 2.90. The number of hydrogen-bond acceptors (Lipinski definition) is 2. The van der Waals surface area contributed by atoms with Crippen molar-refractivity contribution in [1.29, 1.82) is 0 Å². The number of Topliss-reactive ketones (excluding diaryl/α,β-unsaturated/α-hetero) is 1. The highest BCUT2D eigenvalue weighted by Crippen LogP contribution is 2.10. The molecular formula is C9H9ClO2. The first-order chi connectivity index (χ1) is 5.61. The molecule has 0 saturated carbocycles. The lowest BCUT2D eigenvalue weighted by atomic mass is 10.1. The molecule has 1 aromatic rings. The molecule has 0 aliphatic rings. The summed E-state index contributed by atoms with van der Waals surface area (Å²) in [4.78, 5) is 11.2. The van der Waals surface area contributed by atoms with E-state index in [1.54, 1.807) is 24.3 Å². The van der Waals surface area contributed by atoms with E-state index in [-0.39, 0.29) is 5.78 Å². The second-order valence-corrected chi connectivity index (χ2v) is 2.98. The SMILES string of the molecule is CC(O)C(=O)c1ccc(Cl)cc1. The fourth-order valence-electron chi connectivity index (χ4n) is 0.855. The van der Waals surface area contributed by atoms with E-state index >= 15 is 0 Å². The number of aliphatic hydroxyl groups is 1. The largest absolute Gasteiger partial charge is 0.385 e. The molecule has 1 rings (SSSR count). The van der Waals surface area contributed by atoms with Gasteiger partial charge in [0.15, 0.2) is 5.78 Å². The van der Waals surface area contributed by atoms with E-state index in [1.807, 2.05) is 0 Å². The van der Waals surface area contributed by atoms with Crippen molar-refractivity contribution in [2.75, 3.05) is 0 Å². The number of aliphatic hydroxyl groups excluding tert-OH is 1. The third-order valence-corrected chi connectivity index (χ3v) is 1.76. The Labute approximate surface area is 75.8 Å². The Hall–Kier alpha value is -0.860. The van der Waals surface area contributed by atoms with Gasteiger partial charge in [-0.3, -0.25) is 4.79 Å². The molecule has 1 aromatic carbocycles. The molecule has 12 heavy (non-hydrogen) atoms. The first kappa shape index (κ1) is 9.23. The second kappa shape index (κ2) is 3.70. The number of carbonyl (C=O) groups is 1. The fraction of sp³-hybridized carbons (Fsp3) is 0.222. The van der Waals surface area contributed by atoms with Crippen LogP contribution in [0.25, 0.3) is 0 Å². The van der Waals surface area contributed by atoms with Crippen LogP contribution in [0.2, 0.25) is 5.02 Å². The molecule has 0 aliphatic heterocycles. The average molecular weight is 185 g/mol. The van der Waals surface area contributed by atoms with E-state index < -0.39 is 6.10 Å². The minimum atomic E-state index is -0.953. The molecular weight excluding hydrogens is 176 g/mol. The Morgan fingerprint density at radius 3 is 2.33 bits per heavy atom. The van der Waals surface area contributed by atoms with Gasteiger partial charge in [-0.1, -0.05) is 11.6 Å². The lowest BCUT2D eigenvalue weighted by Crippen LogP contribution is -2.15. The zero-order valence-corrected chi connectivity index (χ0v) is 7.38. The summed E-state index contributed by atoms with van der Waals surface area (Å²) in [6.45, 7) is 1.44. The first-order valence-electron chi connectivity index (χ1n) is 3.59. The Morgan fingerprint density at radius 1 is 1.42 bits per heavy atom. The van der Waals surface area contributed by atoms with Gasteiger partial charge in [0.2, 0.25) is 0 Å². The second-order valence-electron chi connectivity index (χ2n) is 2.55.